The van der Waals surface area contributed by atoms with Crippen molar-refractivity contribution in [3.63, 3.8) is 0 Å². The Bertz CT molecular complexity index is 778. The quantitative estimate of drug-likeness (QED) is 0.403. The summed E-state index contributed by atoms with van der Waals surface area (Å²) in [6.45, 7) is 13.7. The zero-order chi connectivity index (χ0) is 21.1. The molecule has 6 heteroatoms. The van der Waals surface area contributed by atoms with Crippen LogP contribution in [-0.2, 0) is 23.6 Å². The van der Waals surface area contributed by atoms with Crippen LogP contribution in [0.5, 0.6) is 0 Å². The second-order valence-corrected chi connectivity index (χ2v) is 11.8. The van der Waals surface area contributed by atoms with Gasteiger partial charge in [-0.15, -0.1) is 0 Å². The summed E-state index contributed by atoms with van der Waals surface area (Å²) in [6.07, 6.45) is 0.278. The molecule has 0 radical (unpaired) electrons. The fraction of sp³-hybridized carbons (Fsp3) is 0.545. The maximum atomic E-state index is 14.7. The third-order valence-electron chi connectivity index (χ3n) is 5.35. The van der Waals surface area contributed by atoms with Crippen LogP contribution in [0.25, 0.3) is 0 Å². The van der Waals surface area contributed by atoms with Gasteiger partial charge in [-0.3, -0.25) is 9.59 Å². The van der Waals surface area contributed by atoms with Crippen molar-refractivity contribution in [1.82, 2.24) is 0 Å². The first kappa shape index (κ1) is 22.4. The molecular weight excluding hydrogens is 375 g/mol. The van der Waals surface area contributed by atoms with E-state index in [-0.39, 0.29) is 19.6 Å². The first-order valence-electron chi connectivity index (χ1n) is 9.75. The Hall–Kier alpha value is -1.87. The Labute approximate surface area is 167 Å². The van der Waals surface area contributed by atoms with Crippen LogP contribution in [0.4, 0.5) is 0 Å². The minimum Gasteiger partial charge on any atom is -0.466 e. The Balaban J connectivity index is 2.66. The highest BCUT2D eigenvalue weighted by molar-refractivity contribution is 7.74. The number of carbonyl (C=O) groups is 2. The van der Waals surface area contributed by atoms with Crippen LogP contribution in [0.1, 0.15) is 41.0 Å². The maximum Gasteiger partial charge on any atom is 0.310 e. The minimum absolute atomic E-state index is 0.190. The van der Waals surface area contributed by atoms with E-state index in [1.807, 2.05) is 51.1 Å². The largest absolute Gasteiger partial charge is 0.466 e. The topological polar surface area (TPSA) is 69.7 Å². The van der Waals surface area contributed by atoms with Gasteiger partial charge in [0, 0.05) is 10.5 Å². The highest BCUT2D eigenvalue weighted by Crippen LogP contribution is 2.67. The molecule has 5 nitrogen and oxygen atoms in total. The van der Waals surface area contributed by atoms with Crippen LogP contribution in [0, 0.1) is 11.8 Å². The van der Waals surface area contributed by atoms with Gasteiger partial charge in [-0.25, -0.2) is 0 Å². The summed E-state index contributed by atoms with van der Waals surface area (Å²) in [6, 6.07) is 9.21. The molecule has 0 aromatic heterocycles. The van der Waals surface area contributed by atoms with Crippen molar-refractivity contribution in [2.75, 3.05) is 13.2 Å². The van der Waals surface area contributed by atoms with Crippen LogP contribution < -0.4 is 5.30 Å². The number of ether oxygens (including phenoxy) is 2. The average Bonchev–Trinajstić information content (AvgIpc) is 2.99. The van der Waals surface area contributed by atoms with Crippen molar-refractivity contribution < 1.29 is 23.6 Å². The lowest BCUT2D eigenvalue weighted by Crippen LogP contribution is -2.40. The summed E-state index contributed by atoms with van der Waals surface area (Å²) < 4.78 is 25.2. The number of benzene rings is 1. The van der Waals surface area contributed by atoms with Crippen molar-refractivity contribution in [1.29, 1.82) is 0 Å². The van der Waals surface area contributed by atoms with Crippen molar-refractivity contribution in [2.24, 2.45) is 11.8 Å². The first-order valence-corrected chi connectivity index (χ1v) is 11.5. The van der Waals surface area contributed by atoms with E-state index >= 15 is 0 Å². The summed E-state index contributed by atoms with van der Waals surface area (Å²) in [5.41, 5.74) is -0.0124. The molecule has 1 unspecified atom stereocenters. The van der Waals surface area contributed by atoms with Gasteiger partial charge in [0.2, 0.25) is 0 Å². The van der Waals surface area contributed by atoms with E-state index in [1.165, 1.54) is 0 Å². The number of rotatable bonds is 6. The van der Waals surface area contributed by atoms with Gasteiger partial charge in [0.15, 0.2) is 0 Å². The molecule has 0 bridgehead atoms. The predicted octanol–water partition coefficient (Wildman–Crippen LogP) is 4.16. The molecule has 1 aliphatic carbocycles. The molecule has 0 amide bonds. The summed E-state index contributed by atoms with van der Waals surface area (Å²) in [7, 11) is -3.20. The summed E-state index contributed by atoms with van der Waals surface area (Å²) in [5.74, 6) is -2.56. The van der Waals surface area contributed by atoms with Gasteiger partial charge < -0.3 is 14.0 Å². The van der Waals surface area contributed by atoms with E-state index in [2.05, 4.69) is 6.58 Å². The third kappa shape index (κ3) is 3.96. The molecule has 1 saturated carbocycles. The van der Waals surface area contributed by atoms with Crippen LogP contribution in [0.2, 0.25) is 0 Å². The maximum absolute atomic E-state index is 14.7. The fourth-order valence-electron chi connectivity index (χ4n) is 4.11. The predicted molar refractivity (Wildman–Crippen MR) is 111 cm³/mol. The van der Waals surface area contributed by atoms with E-state index in [9.17, 15) is 14.2 Å². The van der Waals surface area contributed by atoms with E-state index < -0.39 is 41.7 Å². The molecule has 1 aromatic rings. The third-order valence-corrected chi connectivity index (χ3v) is 9.88. The van der Waals surface area contributed by atoms with Crippen molar-refractivity contribution in [3.8, 4) is 0 Å². The molecule has 154 valence electrons. The normalized spacial score (nSPS) is 24.5. The van der Waals surface area contributed by atoms with Crippen LogP contribution in [-0.4, -0.2) is 36.0 Å². The number of hydrogen-bond donors (Lipinski definition) is 0. The van der Waals surface area contributed by atoms with Gasteiger partial charge in [-0.05, 0) is 20.3 Å². The van der Waals surface area contributed by atoms with Crippen molar-refractivity contribution in [2.45, 2.75) is 51.9 Å². The molecule has 0 saturated heterocycles. The van der Waals surface area contributed by atoms with E-state index in [0.29, 0.717) is 10.9 Å². The highest BCUT2D eigenvalue weighted by atomic mass is 31.2. The van der Waals surface area contributed by atoms with E-state index in [1.54, 1.807) is 13.8 Å². The van der Waals surface area contributed by atoms with Crippen LogP contribution in [0.15, 0.2) is 42.5 Å². The number of carbonyl (C=O) groups excluding carboxylic acids is 2. The lowest BCUT2D eigenvalue weighted by molar-refractivity contribution is -0.158. The molecule has 0 heterocycles. The summed E-state index contributed by atoms with van der Waals surface area (Å²) in [4.78, 5) is 25.5. The minimum atomic E-state index is -3.20. The molecule has 0 N–H and O–H groups in total. The molecule has 1 aliphatic rings. The second-order valence-electron chi connectivity index (χ2n) is 8.11. The average molecular weight is 406 g/mol. The van der Waals surface area contributed by atoms with Gasteiger partial charge in [0.05, 0.1) is 30.7 Å². The Morgan fingerprint density at radius 3 is 2.11 bits per heavy atom. The highest BCUT2D eigenvalue weighted by Gasteiger charge is 2.58. The van der Waals surface area contributed by atoms with Crippen LogP contribution in [0.3, 0.4) is 0 Å². The van der Waals surface area contributed by atoms with Gasteiger partial charge in [0.25, 0.3) is 0 Å². The van der Waals surface area contributed by atoms with Crippen LogP contribution >= 0.6 is 7.14 Å². The summed E-state index contributed by atoms with van der Waals surface area (Å²) >= 11 is 0. The number of hydrogen-bond acceptors (Lipinski definition) is 5. The summed E-state index contributed by atoms with van der Waals surface area (Å²) in [5, 5.41) is 0.0587. The second kappa shape index (κ2) is 8.65. The Morgan fingerprint density at radius 1 is 1.07 bits per heavy atom. The lowest BCUT2D eigenvalue weighted by atomic mass is 9.96. The number of allylic oxidation sites excluding steroid dienone is 1. The molecular formula is C22H31O5P. The zero-order valence-corrected chi connectivity index (χ0v) is 18.3. The smallest absolute Gasteiger partial charge is 0.310 e. The molecule has 1 fully saturated rings. The van der Waals surface area contributed by atoms with E-state index in [4.69, 9.17) is 9.47 Å². The Kier molecular flexibility index (Phi) is 6.93. The molecule has 0 aliphatic heterocycles. The molecule has 28 heavy (non-hydrogen) atoms. The van der Waals surface area contributed by atoms with E-state index in [0.717, 1.165) is 0 Å². The first-order chi connectivity index (χ1) is 13.1. The SMILES string of the molecule is C=C1C[C@H](C(=O)OCC)[C@@H](C(=O)OCC)[C@@H]1P(=O)(c1ccccc1)C(C)(C)C. The van der Waals surface area contributed by atoms with Gasteiger partial charge in [-0.1, -0.05) is 63.3 Å². The number of esters is 2. The van der Waals surface area contributed by atoms with Gasteiger partial charge in [-0.2, -0.15) is 0 Å². The molecule has 1 aromatic carbocycles. The zero-order valence-electron chi connectivity index (χ0n) is 17.4. The van der Waals surface area contributed by atoms with Gasteiger partial charge in [0.1, 0.15) is 7.14 Å². The molecule has 2 rings (SSSR count). The molecule has 0 spiro atoms. The monoisotopic (exact) mass is 406 g/mol. The van der Waals surface area contributed by atoms with Crippen molar-refractivity contribution >= 4 is 24.4 Å². The standard InChI is InChI=1S/C22H31O5P/c1-7-26-20(23)17-14-15(3)19(18(17)21(24)27-8-2)28(25,22(4,5)6)16-12-10-9-11-13-16/h9-13,17-19H,3,7-8,14H2,1-2,4-6H3/t17-,18+,19+,28?/m0/s1. The molecule has 4 atom stereocenters. The fourth-order valence-corrected chi connectivity index (χ4v) is 8.06. The van der Waals surface area contributed by atoms with Crippen molar-refractivity contribution in [3.05, 3.63) is 42.5 Å². The lowest BCUT2D eigenvalue weighted by Gasteiger charge is -2.39. The Morgan fingerprint density at radius 2 is 1.61 bits per heavy atom. The van der Waals surface area contributed by atoms with Gasteiger partial charge >= 0.3 is 11.9 Å².